The van der Waals surface area contributed by atoms with Gasteiger partial charge in [0.25, 0.3) is 0 Å². The van der Waals surface area contributed by atoms with Crippen LogP contribution in [0.4, 0.5) is 0 Å². The summed E-state index contributed by atoms with van der Waals surface area (Å²) in [6.45, 7) is 1.85. The van der Waals surface area contributed by atoms with Crippen LogP contribution in [0.15, 0.2) is 24.3 Å². The van der Waals surface area contributed by atoms with Crippen LogP contribution in [0.2, 0.25) is 0 Å². The van der Waals surface area contributed by atoms with E-state index in [1.54, 1.807) is 6.07 Å². The summed E-state index contributed by atoms with van der Waals surface area (Å²) in [5, 5.41) is 13.0. The van der Waals surface area contributed by atoms with E-state index in [1.165, 1.54) is 32.1 Å². The molecule has 0 heterocycles. The summed E-state index contributed by atoms with van der Waals surface area (Å²) in [5.74, 6) is 0.347. The van der Waals surface area contributed by atoms with Crippen LogP contribution >= 0.6 is 0 Å². The van der Waals surface area contributed by atoms with E-state index in [2.05, 4.69) is 30.4 Å². The van der Waals surface area contributed by atoms with Crippen molar-refractivity contribution in [2.75, 3.05) is 20.6 Å². The zero-order valence-corrected chi connectivity index (χ0v) is 12.2. The second kappa shape index (κ2) is 6.40. The molecule has 1 aliphatic rings. The van der Waals surface area contributed by atoms with E-state index in [9.17, 15) is 5.11 Å². The third kappa shape index (κ3) is 3.71. The second-order valence-electron chi connectivity index (χ2n) is 5.95. The van der Waals surface area contributed by atoms with Gasteiger partial charge < -0.3 is 15.3 Å². The molecule has 0 atom stereocenters. The van der Waals surface area contributed by atoms with Gasteiger partial charge in [0.15, 0.2) is 0 Å². The van der Waals surface area contributed by atoms with Crippen molar-refractivity contribution in [3.05, 3.63) is 29.8 Å². The maximum absolute atomic E-state index is 9.46. The molecular weight excluding hydrogens is 236 g/mol. The highest BCUT2D eigenvalue weighted by Crippen LogP contribution is 2.31. The Bertz CT molecular complexity index is 397. The van der Waals surface area contributed by atoms with Gasteiger partial charge in [-0.25, -0.2) is 0 Å². The van der Waals surface area contributed by atoms with Gasteiger partial charge in [-0.3, -0.25) is 0 Å². The maximum atomic E-state index is 9.46. The summed E-state index contributed by atoms with van der Waals surface area (Å²) in [4.78, 5) is 2.39. The van der Waals surface area contributed by atoms with Crippen molar-refractivity contribution in [1.82, 2.24) is 10.2 Å². The molecular formula is C16H26N2O. The SMILES string of the molecule is CN(C)C1(CNCc2cccc(O)c2)CCCCC1. The van der Waals surface area contributed by atoms with Crippen LogP contribution < -0.4 is 5.32 Å². The highest BCUT2D eigenvalue weighted by molar-refractivity contribution is 5.26. The average molecular weight is 262 g/mol. The van der Waals surface area contributed by atoms with E-state index >= 15 is 0 Å². The van der Waals surface area contributed by atoms with Crippen LogP contribution in [-0.2, 0) is 6.54 Å². The highest BCUT2D eigenvalue weighted by Gasteiger charge is 2.33. The molecule has 2 N–H and O–H groups in total. The predicted molar refractivity (Wildman–Crippen MR) is 79.3 cm³/mol. The third-order valence-corrected chi connectivity index (χ3v) is 4.43. The molecule has 0 amide bonds. The minimum atomic E-state index is 0.315. The van der Waals surface area contributed by atoms with Crippen LogP contribution in [0, 0.1) is 0 Å². The van der Waals surface area contributed by atoms with E-state index < -0.39 is 0 Å². The minimum Gasteiger partial charge on any atom is -0.508 e. The standard InChI is InChI=1S/C16H26N2O/c1-18(2)16(9-4-3-5-10-16)13-17-12-14-7-6-8-15(19)11-14/h6-8,11,17,19H,3-5,9-10,12-13H2,1-2H3. The second-order valence-corrected chi connectivity index (χ2v) is 5.95. The number of likely N-dealkylation sites (N-methyl/N-ethyl adjacent to an activating group) is 1. The highest BCUT2D eigenvalue weighted by atomic mass is 16.3. The number of nitrogens with zero attached hydrogens (tertiary/aromatic N) is 1. The minimum absolute atomic E-state index is 0.315. The van der Waals surface area contributed by atoms with Crippen molar-refractivity contribution in [2.24, 2.45) is 0 Å². The number of phenols is 1. The van der Waals surface area contributed by atoms with Crippen LogP contribution in [-0.4, -0.2) is 36.2 Å². The molecule has 0 aromatic heterocycles. The van der Waals surface area contributed by atoms with Gasteiger partial charge in [0.05, 0.1) is 0 Å². The molecule has 1 fully saturated rings. The molecule has 0 spiro atoms. The van der Waals surface area contributed by atoms with E-state index in [-0.39, 0.29) is 0 Å². The fourth-order valence-corrected chi connectivity index (χ4v) is 3.10. The van der Waals surface area contributed by atoms with E-state index in [0.717, 1.165) is 18.7 Å². The Hall–Kier alpha value is -1.06. The molecule has 1 saturated carbocycles. The predicted octanol–water partition coefficient (Wildman–Crippen LogP) is 2.75. The fraction of sp³-hybridized carbons (Fsp3) is 0.625. The van der Waals surface area contributed by atoms with Gasteiger partial charge in [-0.15, -0.1) is 0 Å². The molecule has 2 rings (SSSR count). The zero-order chi connectivity index (χ0) is 13.7. The Morgan fingerprint density at radius 2 is 1.95 bits per heavy atom. The van der Waals surface area contributed by atoms with Crippen molar-refractivity contribution in [1.29, 1.82) is 0 Å². The lowest BCUT2D eigenvalue weighted by molar-refractivity contribution is 0.0984. The summed E-state index contributed by atoms with van der Waals surface area (Å²) < 4.78 is 0. The summed E-state index contributed by atoms with van der Waals surface area (Å²) >= 11 is 0. The van der Waals surface area contributed by atoms with Gasteiger partial charge in [0, 0.05) is 18.6 Å². The van der Waals surface area contributed by atoms with Crippen LogP contribution in [0.25, 0.3) is 0 Å². The fourth-order valence-electron chi connectivity index (χ4n) is 3.10. The number of hydrogen-bond donors (Lipinski definition) is 2. The molecule has 0 unspecified atom stereocenters. The monoisotopic (exact) mass is 262 g/mol. The number of aromatic hydroxyl groups is 1. The van der Waals surface area contributed by atoms with Gasteiger partial charge in [-0.05, 0) is 44.6 Å². The van der Waals surface area contributed by atoms with Gasteiger partial charge >= 0.3 is 0 Å². The Balaban J connectivity index is 1.89. The van der Waals surface area contributed by atoms with Crippen LogP contribution in [0.3, 0.4) is 0 Å². The first-order valence-electron chi connectivity index (χ1n) is 7.28. The normalized spacial score (nSPS) is 18.7. The van der Waals surface area contributed by atoms with Gasteiger partial charge in [-0.2, -0.15) is 0 Å². The molecule has 0 radical (unpaired) electrons. The Morgan fingerprint density at radius 1 is 1.21 bits per heavy atom. The lowest BCUT2D eigenvalue weighted by atomic mass is 9.80. The van der Waals surface area contributed by atoms with Gasteiger partial charge in [-0.1, -0.05) is 31.4 Å². The van der Waals surface area contributed by atoms with Gasteiger partial charge in [0.2, 0.25) is 0 Å². The van der Waals surface area contributed by atoms with E-state index in [1.807, 2.05) is 12.1 Å². The molecule has 3 heteroatoms. The summed E-state index contributed by atoms with van der Waals surface area (Å²) in [7, 11) is 4.39. The first-order valence-corrected chi connectivity index (χ1v) is 7.28. The largest absolute Gasteiger partial charge is 0.508 e. The molecule has 0 aliphatic heterocycles. The lowest BCUT2D eigenvalue weighted by Gasteiger charge is -2.43. The summed E-state index contributed by atoms with van der Waals surface area (Å²) in [6.07, 6.45) is 6.63. The summed E-state index contributed by atoms with van der Waals surface area (Å²) in [5.41, 5.74) is 1.46. The van der Waals surface area contributed by atoms with E-state index in [0.29, 0.717) is 11.3 Å². The molecule has 19 heavy (non-hydrogen) atoms. The Kier molecular flexibility index (Phi) is 4.83. The Morgan fingerprint density at radius 3 is 2.58 bits per heavy atom. The molecule has 3 nitrogen and oxygen atoms in total. The smallest absolute Gasteiger partial charge is 0.115 e. The number of phenolic OH excluding ortho intramolecular Hbond substituents is 1. The van der Waals surface area contributed by atoms with Crippen molar-refractivity contribution in [2.45, 2.75) is 44.2 Å². The lowest BCUT2D eigenvalue weighted by Crippen LogP contribution is -2.52. The van der Waals surface area contributed by atoms with Crippen molar-refractivity contribution < 1.29 is 5.11 Å². The first kappa shape index (κ1) is 14.4. The molecule has 0 saturated heterocycles. The number of nitrogens with one attached hydrogen (secondary N) is 1. The number of benzene rings is 1. The van der Waals surface area contributed by atoms with Crippen molar-refractivity contribution >= 4 is 0 Å². The molecule has 106 valence electrons. The molecule has 1 aromatic rings. The van der Waals surface area contributed by atoms with Gasteiger partial charge in [0.1, 0.15) is 5.75 Å². The maximum Gasteiger partial charge on any atom is 0.115 e. The first-order chi connectivity index (χ1) is 9.12. The molecule has 1 aliphatic carbocycles. The summed E-state index contributed by atoms with van der Waals surface area (Å²) in [6, 6.07) is 7.49. The average Bonchev–Trinajstić information content (AvgIpc) is 2.40. The topological polar surface area (TPSA) is 35.5 Å². The zero-order valence-electron chi connectivity index (χ0n) is 12.2. The third-order valence-electron chi connectivity index (χ3n) is 4.43. The number of hydrogen-bond acceptors (Lipinski definition) is 3. The van der Waals surface area contributed by atoms with E-state index in [4.69, 9.17) is 0 Å². The molecule has 1 aromatic carbocycles. The molecule has 0 bridgehead atoms. The Labute approximate surface area is 116 Å². The van der Waals surface area contributed by atoms with Crippen molar-refractivity contribution in [3.8, 4) is 5.75 Å². The quantitative estimate of drug-likeness (QED) is 0.856. The van der Waals surface area contributed by atoms with Crippen molar-refractivity contribution in [3.63, 3.8) is 0 Å². The number of rotatable bonds is 5. The van der Waals surface area contributed by atoms with Crippen LogP contribution in [0.1, 0.15) is 37.7 Å². The van der Waals surface area contributed by atoms with Crippen LogP contribution in [0.5, 0.6) is 5.75 Å².